The number of carbonyl (C=O) groups excluding carboxylic acids is 1. The number of rotatable bonds is 3. The molecule has 0 bridgehead atoms. The standard InChI is InChI=1S/C15H20N6O2/c1-10-8-13(19(2)17-10)20-7-4-11(14(20)22)21-9-12(16-18-21)15(23)5-3-6-15/h8-9,11,23H,3-7H2,1-2H3. The number of aromatic nitrogens is 5. The fourth-order valence-electron chi connectivity index (χ4n) is 3.40. The summed E-state index contributed by atoms with van der Waals surface area (Å²) < 4.78 is 3.32. The summed E-state index contributed by atoms with van der Waals surface area (Å²) in [7, 11) is 1.84. The smallest absolute Gasteiger partial charge is 0.253 e. The van der Waals surface area contributed by atoms with Crippen molar-refractivity contribution < 1.29 is 9.90 Å². The summed E-state index contributed by atoms with van der Waals surface area (Å²) in [5.41, 5.74) is 0.610. The molecule has 1 aliphatic carbocycles. The van der Waals surface area contributed by atoms with Gasteiger partial charge in [-0.15, -0.1) is 5.10 Å². The Bertz CT molecular complexity index is 760. The molecule has 2 fully saturated rings. The Morgan fingerprint density at radius 1 is 1.39 bits per heavy atom. The molecule has 122 valence electrons. The van der Waals surface area contributed by atoms with Crippen LogP contribution in [0.25, 0.3) is 0 Å². The van der Waals surface area contributed by atoms with Crippen LogP contribution < -0.4 is 4.90 Å². The molecular formula is C15H20N6O2. The van der Waals surface area contributed by atoms with Crippen molar-refractivity contribution in [1.29, 1.82) is 0 Å². The van der Waals surface area contributed by atoms with Crippen LogP contribution >= 0.6 is 0 Å². The summed E-state index contributed by atoms with van der Waals surface area (Å²) in [4.78, 5) is 14.5. The van der Waals surface area contributed by atoms with E-state index in [1.165, 1.54) is 0 Å². The van der Waals surface area contributed by atoms with Gasteiger partial charge >= 0.3 is 0 Å². The second kappa shape index (κ2) is 4.89. The number of aliphatic hydroxyl groups is 1. The SMILES string of the molecule is Cc1cc(N2CCC(n3cc(C4(O)CCC4)nn3)C2=O)n(C)n1. The first-order valence-corrected chi connectivity index (χ1v) is 7.95. The van der Waals surface area contributed by atoms with Gasteiger partial charge in [0.25, 0.3) is 5.91 Å². The Labute approximate surface area is 133 Å². The van der Waals surface area contributed by atoms with Crippen LogP contribution in [0, 0.1) is 6.92 Å². The lowest BCUT2D eigenvalue weighted by atomic mass is 9.78. The van der Waals surface area contributed by atoms with Crippen molar-refractivity contribution in [3.8, 4) is 0 Å². The van der Waals surface area contributed by atoms with Crippen LogP contribution in [-0.4, -0.2) is 42.3 Å². The average molecular weight is 316 g/mol. The molecule has 8 nitrogen and oxygen atoms in total. The van der Waals surface area contributed by atoms with E-state index in [1.807, 2.05) is 20.0 Å². The van der Waals surface area contributed by atoms with Crippen molar-refractivity contribution in [1.82, 2.24) is 24.8 Å². The van der Waals surface area contributed by atoms with Gasteiger partial charge in [0.05, 0.1) is 11.9 Å². The third-order valence-electron chi connectivity index (χ3n) is 4.92. The third-order valence-corrected chi connectivity index (χ3v) is 4.92. The maximum Gasteiger partial charge on any atom is 0.253 e. The Morgan fingerprint density at radius 3 is 2.78 bits per heavy atom. The highest BCUT2D eigenvalue weighted by molar-refractivity contribution is 5.97. The summed E-state index contributed by atoms with van der Waals surface area (Å²) in [6.07, 6.45) is 4.82. The van der Waals surface area contributed by atoms with Gasteiger partial charge in [-0.25, -0.2) is 4.68 Å². The van der Waals surface area contributed by atoms with Crippen molar-refractivity contribution >= 4 is 11.7 Å². The number of nitrogens with zero attached hydrogens (tertiary/aromatic N) is 6. The molecule has 1 unspecified atom stereocenters. The van der Waals surface area contributed by atoms with Gasteiger partial charge in [-0.05, 0) is 32.6 Å². The molecule has 2 aliphatic rings. The molecule has 3 heterocycles. The summed E-state index contributed by atoms with van der Waals surface area (Å²) in [6.45, 7) is 2.53. The summed E-state index contributed by atoms with van der Waals surface area (Å²) in [6, 6.07) is 1.54. The second-order valence-corrected chi connectivity index (χ2v) is 6.53. The Balaban J connectivity index is 1.57. The largest absolute Gasteiger partial charge is 0.383 e. The van der Waals surface area contributed by atoms with Gasteiger partial charge in [0, 0.05) is 19.7 Å². The van der Waals surface area contributed by atoms with Gasteiger partial charge in [-0.3, -0.25) is 14.4 Å². The molecule has 8 heteroatoms. The van der Waals surface area contributed by atoms with Crippen molar-refractivity contribution in [3.05, 3.63) is 23.7 Å². The highest BCUT2D eigenvalue weighted by Crippen LogP contribution is 2.40. The molecule has 1 atom stereocenters. The van der Waals surface area contributed by atoms with E-state index in [1.54, 1.807) is 20.5 Å². The quantitative estimate of drug-likeness (QED) is 0.899. The van der Waals surface area contributed by atoms with Gasteiger partial charge in [0.2, 0.25) is 0 Å². The Morgan fingerprint density at radius 2 is 2.17 bits per heavy atom. The van der Waals surface area contributed by atoms with Crippen LogP contribution in [0.2, 0.25) is 0 Å². The molecular weight excluding hydrogens is 296 g/mol. The van der Waals surface area contributed by atoms with E-state index in [0.717, 1.165) is 17.9 Å². The zero-order valence-corrected chi connectivity index (χ0v) is 13.3. The summed E-state index contributed by atoms with van der Waals surface area (Å²) in [5, 5.41) is 22.8. The summed E-state index contributed by atoms with van der Waals surface area (Å²) >= 11 is 0. The van der Waals surface area contributed by atoms with Gasteiger partial charge in [-0.1, -0.05) is 5.21 Å². The van der Waals surface area contributed by atoms with Crippen LogP contribution in [0.5, 0.6) is 0 Å². The van der Waals surface area contributed by atoms with Crippen molar-refractivity contribution in [2.24, 2.45) is 7.05 Å². The second-order valence-electron chi connectivity index (χ2n) is 6.53. The van der Waals surface area contributed by atoms with Crippen LogP contribution in [0.15, 0.2) is 12.3 Å². The number of amides is 1. The van der Waals surface area contributed by atoms with Crippen molar-refractivity contribution in [2.45, 2.75) is 44.2 Å². The fourth-order valence-corrected chi connectivity index (χ4v) is 3.40. The first-order chi connectivity index (χ1) is 11.0. The minimum absolute atomic E-state index is 0.00921. The maximum atomic E-state index is 12.7. The van der Waals surface area contributed by atoms with Crippen LogP contribution in [0.3, 0.4) is 0 Å². The third kappa shape index (κ3) is 2.16. The molecule has 1 amide bonds. The lowest BCUT2D eigenvalue weighted by Gasteiger charge is -2.34. The van der Waals surface area contributed by atoms with E-state index in [0.29, 0.717) is 31.5 Å². The van der Waals surface area contributed by atoms with Crippen LogP contribution in [-0.2, 0) is 17.4 Å². The van der Waals surface area contributed by atoms with Crippen molar-refractivity contribution in [2.75, 3.05) is 11.4 Å². The highest BCUT2D eigenvalue weighted by Gasteiger charge is 2.41. The predicted molar refractivity (Wildman–Crippen MR) is 81.7 cm³/mol. The zero-order valence-electron chi connectivity index (χ0n) is 13.3. The summed E-state index contributed by atoms with van der Waals surface area (Å²) in [5.74, 6) is 0.790. The monoisotopic (exact) mass is 316 g/mol. The van der Waals surface area contributed by atoms with Crippen molar-refractivity contribution in [3.63, 3.8) is 0 Å². The van der Waals surface area contributed by atoms with E-state index in [9.17, 15) is 9.90 Å². The molecule has 0 spiro atoms. The van der Waals surface area contributed by atoms with Gasteiger partial charge in [0.1, 0.15) is 23.2 Å². The molecule has 1 aliphatic heterocycles. The van der Waals surface area contributed by atoms with E-state index >= 15 is 0 Å². The number of anilines is 1. The van der Waals surface area contributed by atoms with E-state index in [-0.39, 0.29) is 11.9 Å². The maximum absolute atomic E-state index is 12.7. The first kappa shape index (κ1) is 14.4. The van der Waals surface area contributed by atoms with Gasteiger partial charge < -0.3 is 5.11 Å². The molecule has 1 N–H and O–H groups in total. The minimum Gasteiger partial charge on any atom is -0.383 e. The number of aryl methyl sites for hydroxylation is 2. The molecule has 0 aromatic carbocycles. The van der Waals surface area contributed by atoms with E-state index in [4.69, 9.17) is 0 Å². The average Bonchev–Trinajstić information content (AvgIpc) is 3.15. The molecule has 4 rings (SSSR count). The molecule has 1 saturated heterocycles. The molecule has 2 aromatic rings. The molecule has 2 aromatic heterocycles. The predicted octanol–water partition coefficient (Wildman–Crippen LogP) is 0.670. The Kier molecular flexibility index (Phi) is 3.06. The topological polar surface area (TPSA) is 89.1 Å². The van der Waals surface area contributed by atoms with Crippen LogP contribution in [0.4, 0.5) is 5.82 Å². The highest BCUT2D eigenvalue weighted by atomic mass is 16.3. The zero-order chi connectivity index (χ0) is 16.2. The Hall–Kier alpha value is -2.22. The molecule has 23 heavy (non-hydrogen) atoms. The van der Waals surface area contributed by atoms with E-state index < -0.39 is 5.60 Å². The van der Waals surface area contributed by atoms with Crippen LogP contribution in [0.1, 0.15) is 43.1 Å². The molecule has 0 radical (unpaired) electrons. The normalized spacial score (nSPS) is 23.3. The number of hydrogen-bond acceptors (Lipinski definition) is 5. The number of hydrogen-bond donors (Lipinski definition) is 1. The first-order valence-electron chi connectivity index (χ1n) is 7.95. The minimum atomic E-state index is -0.848. The fraction of sp³-hybridized carbons (Fsp3) is 0.600. The number of carbonyl (C=O) groups is 1. The van der Waals surface area contributed by atoms with Gasteiger partial charge in [-0.2, -0.15) is 5.10 Å². The lowest BCUT2D eigenvalue weighted by molar-refractivity contribution is -0.120. The van der Waals surface area contributed by atoms with E-state index in [2.05, 4.69) is 15.4 Å². The lowest BCUT2D eigenvalue weighted by Crippen LogP contribution is -2.34. The van der Waals surface area contributed by atoms with Gasteiger partial charge in [0.15, 0.2) is 0 Å². The molecule has 1 saturated carbocycles.